The molecule has 104 valence electrons. The van der Waals surface area contributed by atoms with E-state index in [9.17, 15) is 9.90 Å². The molecule has 3 N–H and O–H groups in total. The molecule has 0 atom stereocenters. The number of phenolic OH excluding ortho intramolecular Hbond substituents is 1. The van der Waals surface area contributed by atoms with Gasteiger partial charge in [-0.25, -0.2) is 4.79 Å². The number of anilines is 1. The quantitative estimate of drug-likeness (QED) is 0.271. The zero-order valence-corrected chi connectivity index (χ0v) is 11.2. The summed E-state index contributed by atoms with van der Waals surface area (Å²) in [4.78, 5) is 11.1. The molecule has 5 nitrogen and oxygen atoms in total. The van der Waals surface area contributed by atoms with Gasteiger partial charge in [0.2, 0.25) is 0 Å². The van der Waals surface area contributed by atoms with E-state index in [1.165, 1.54) is 0 Å². The average molecular weight is 265 g/mol. The van der Waals surface area contributed by atoms with Crippen LogP contribution in [0.15, 0.2) is 24.3 Å². The van der Waals surface area contributed by atoms with Crippen LogP contribution in [0.1, 0.15) is 18.9 Å². The summed E-state index contributed by atoms with van der Waals surface area (Å²) in [6, 6.07) is 3.28. The number of phenols is 1. The average Bonchev–Trinajstić information content (AvgIpc) is 2.37. The first kappa shape index (κ1) is 14.9. The summed E-state index contributed by atoms with van der Waals surface area (Å²) < 4.78 is 10.4. The van der Waals surface area contributed by atoms with Crippen LogP contribution in [0.2, 0.25) is 0 Å². The largest absolute Gasteiger partial charge is 0.505 e. The number of hydrogen-bond donors (Lipinski definition) is 2. The Kier molecular flexibility index (Phi) is 5.23. The fourth-order valence-corrected chi connectivity index (χ4v) is 1.39. The number of hydrogen-bond acceptors (Lipinski definition) is 5. The van der Waals surface area contributed by atoms with Gasteiger partial charge in [0.15, 0.2) is 0 Å². The first-order valence-corrected chi connectivity index (χ1v) is 5.97. The van der Waals surface area contributed by atoms with Crippen molar-refractivity contribution in [3.63, 3.8) is 0 Å². The maximum atomic E-state index is 11.1. The molecule has 1 aromatic rings. The summed E-state index contributed by atoms with van der Waals surface area (Å²) in [5.74, 6) is 0.199. The normalized spacial score (nSPS) is 10.0. The Balaban J connectivity index is 2.36. The smallest absolute Gasteiger partial charge is 0.333 e. The number of nitrogens with two attached hydrogens (primary N) is 1. The number of carbonyl (C=O) groups excluding carboxylic acids is 1. The lowest BCUT2D eigenvalue weighted by molar-refractivity contribution is -0.139. The van der Waals surface area contributed by atoms with E-state index in [1.54, 1.807) is 26.0 Å². The molecule has 0 aliphatic heterocycles. The van der Waals surface area contributed by atoms with Crippen molar-refractivity contribution in [3.8, 4) is 11.5 Å². The summed E-state index contributed by atoms with van der Waals surface area (Å²) in [5.41, 5.74) is 6.85. The maximum absolute atomic E-state index is 11.1. The van der Waals surface area contributed by atoms with Gasteiger partial charge in [-0.3, -0.25) is 0 Å². The molecule has 0 heterocycles. The lowest BCUT2D eigenvalue weighted by Gasteiger charge is -2.11. The molecule has 0 amide bonds. The molecular formula is C14H19NO4. The van der Waals surface area contributed by atoms with Crippen LogP contribution in [0, 0.1) is 6.92 Å². The molecule has 0 bridgehead atoms. The van der Waals surface area contributed by atoms with Crippen molar-refractivity contribution < 1.29 is 19.4 Å². The summed E-state index contributed by atoms with van der Waals surface area (Å²) in [7, 11) is 0. The van der Waals surface area contributed by atoms with Gasteiger partial charge in [0.05, 0.1) is 18.9 Å². The van der Waals surface area contributed by atoms with Gasteiger partial charge in [-0.15, -0.1) is 0 Å². The lowest BCUT2D eigenvalue weighted by atomic mass is 10.2. The summed E-state index contributed by atoms with van der Waals surface area (Å²) in [6.07, 6.45) is 0.559. The van der Waals surface area contributed by atoms with Gasteiger partial charge in [0.25, 0.3) is 0 Å². The number of aromatic hydroxyl groups is 1. The van der Waals surface area contributed by atoms with Crippen LogP contribution in [0.4, 0.5) is 5.69 Å². The van der Waals surface area contributed by atoms with E-state index in [-0.39, 0.29) is 12.4 Å². The summed E-state index contributed by atoms with van der Waals surface area (Å²) in [6.45, 7) is 7.46. The monoisotopic (exact) mass is 265 g/mol. The molecule has 5 heteroatoms. The first-order valence-electron chi connectivity index (χ1n) is 5.97. The molecule has 0 radical (unpaired) electrons. The Hall–Kier alpha value is -2.17. The van der Waals surface area contributed by atoms with E-state index in [0.717, 1.165) is 0 Å². The van der Waals surface area contributed by atoms with Crippen LogP contribution in [-0.2, 0) is 9.53 Å². The van der Waals surface area contributed by atoms with Crippen LogP contribution in [0.5, 0.6) is 11.5 Å². The molecule has 0 saturated carbocycles. The minimum absolute atomic E-state index is 0.0335. The third-order valence-electron chi connectivity index (χ3n) is 2.54. The molecule has 1 rings (SSSR count). The number of carbonyl (C=O) groups is 1. The molecule has 1 aromatic carbocycles. The van der Waals surface area contributed by atoms with Crippen molar-refractivity contribution in [1.29, 1.82) is 0 Å². The van der Waals surface area contributed by atoms with E-state index in [4.69, 9.17) is 15.2 Å². The zero-order chi connectivity index (χ0) is 14.4. The Bertz CT molecular complexity index is 483. The third-order valence-corrected chi connectivity index (χ3v) is 2.54. The maximum Gasteiger partial charge on any atom is 0.333 e. The van der Waals surface area contributed by atoms with Crippen molar-refractivity contribution in [2.45, 2.75) is 20.3 Å². The number of benzene rings is 1. The molecule has 19 heavy (non-hydrogen) atoms. The van der Waals surface area contributed by atoms with Crippen molar-refractivity contribution in [2.24, 2.45) is 0 Å². The fourth-order valence-electron chi connectivity index (χ4n) is 1.39. The number of rotatable bonds is 6. The minimum atomic E-state index is -0.402. The molecular weight excluding hydrogens is 246 g/mol. The number of esters is 1. The highest BCUT2D eigenvalue weighted by atomic mass is 16.5. The number of ether oxygens (including phenoxy) is 2. The summed E-state index contributed by atoms with van der Waals surface area (Å²) >= 11 is 0. The molecule has 0 aromatic heterocycles. The van der Waals surface area contributed by atoms with Crippen molar-refractivity contribution in [2.75, 3.05) is 18.9 Å². The van der Waals surface area contributed by atoms with Gasteiger partial charge in [-0.1, -0.05) is 6.58 Å². The highest BCUT2D eigenvalue weighted by molar-refractivity contribution is 5.86. The van der Waals surface area contributed by atoms with Crippen molar-refractivity contribution in [1.82, 2.24) is 0 Å². The highest BCUT2D eigenvalue weighted by Gasteiger charge is 2.08. The first-order chi connectivity index (χ1) is 8.93. The van der Waals surface area contributed by atoms with Gasteiger partial charge >= 0.3 is 5.97 Å². The summed E-state index contributed by atoms with van der Waals surface area (Å²) in [5, 5.41) is 9.64. The Labute approximate surface area is 112 Å². The predicted molar refractivity (Wildman–Crippen MR) is 73.1 cm³/mol. The topological polar surface area (TPSA) is 81.8 Å². The molecule has 0 fully saturated rings. The van der Waals surface area contributed by atoms with Gasteiger partial charge in [0, 0.05) is 17.6 Å². The van der Waals surface area contributed by atoms with Crippen LogP contribution >= 0.6 is 0 Å². The minimum Gasteiger partial charge on any atom is -0.505 e. The van der Waals surface area contributed by atoms with Gasteiger partial charge in [0.1, 0.15) is 11.5 Å². The zero-order valence-electron chi connectivity index (χ0n) is 11.2. The Morgan fingerprint density at radius 3 is 2.74 bits per heavy atom. The molecule has 0 saturated heterocycles. The second-order valence-electron chi connectivity index (χ2n) is 4.24. The van der Waals surface area contributed by atoms with E-state index in [0.29, 0.717) is 35.6 Å². The van der Waals surface area contributed by atoms with Crippen molar-refractivity contribution >= 4 is 11.7 Å². The van der Waals surface area contributed by atoms with E-state index in [1.807, 2.05) is 0 Å². The van der Waals surface area contributed by atoms with Crippen molar-refractivity contribution in [3.05, 3.63) is 29.8 Å². The fraction of sp³-hybridized carbons (Fsp3) is 0.357. The second kappa shape index (κ2) is 6.68. The lowest BCUT2D eigenvalue weighted by Crippen LogP contribution is -2.09. The predicted octanol–water partition coefficient (Wildman–Crippen LogP) is 2.17. The third kappa shape index (κ3) is 4.21. The molecule has 0 aliphatic carbocycles. The van der Waals surface area contributed by atoms with Crippen LogP contribution in [0.25, 0.3) is 0 Å². The number of nitrogen functional groups attached to an aromatic ring is 1. The van der Waals surface area contributed by atoms with Crippen LogP contribution in [-0.4, -0.2) is 24.3 Å². The molecule has 0 aliphatic rings. The van der Waals surface area contributed by atoms with E-state index < -0.39 is 5.97 Å². The van der Waals surface area contributed by atoms with Crippen LogP contribution < -0.4 is 10.5 Å². The van der Waals surface area contributed by atoms with E-state index in [2.05, 4.69) is 6.58 Å². The Morgan fingerprint density at radius 1 is 1.42 bits per heavy atom. The van der Waals surface area contributed by atoms with Gasteiger partial charge in [-0.2, -0.15) is 0 Å². The standard InChI is InChI=1S/C14H19NO4/c1-9(2)14(17)19-8-4-7-18-12-6-5-11(15)13(16)10(12)3/h5-6,16H,1,4,7-8,15H2,2-3H3. The van der Waals surface area contributed by atoms with Gasteiger partial charge < -0.3 is 20.3 Å². The molecule has 0 unspecified atom stereocenters. The van der Waals surface area contributed by atoms with Gasteiger partial charge in [-0.05, 0) is 26.0 Å². The SMILES string of the molecule is C=C(C)C(=O)OCCCOc1ccc(N)c(O)c1C. The van der Waals surface area contributed by atoms with E-state index >= 15 is 0 Å². The van der Waals surface area contributed by atoms with Crippen LogP contribution in [0.3, 0.4) is 0 Å². The molecule has 0 spiro atoms. The highest BCUT2D eigenvalue weighted by Crippen LogP contribution is 2.31. The second-order valence-corrected chi connectivity index (χ2v) is 4.24. The Morgan fingerprint density at radius 2 is 2.11 bits per heavy atom.